The van der Waals surface area contributed by atoms with Crippen LogP contribution in [0, 0.1) is 5.92 Å². The lowest BCUT2D eigenvalue weighted by Crippen LogP contribution is -2.40. The van der Waals surface area contributed by atoms with E-state index in [0.29, 0.717) is 25.5 Å². The van der Waals surface area contributed by atoms with E-state index in [1.54, 1.807) is 4.90 Å². The van der Waals surface area contributed by atoms with E-state index in [-0.39, 0.29) is 24.2 Å². The smallest absolute Gasteiger partial charge is 0.229 e. The molecule has 2 aliphatic heterocycles. The first kappa shape index (κ1) is 16.1. The number of benzene rings is 2. The fraction of sp³-hybridized carbons (Fsp3) is 0.286. The molecular weight excluding hydrogens is 340 g/mol. The zero-order valence-corrected chi connectivity index (χ0v) is 14.9. The number of H-pyrrole nitrogens is 1. The highest BCUT2D eigenvalue weighted by molar-refractivity contribution is 6.05. The quantitative estimate of drug-likeness (QED) is 0.763. The van der Waals surface area contributed by atoms with Crippen molar-refractivity contribution in [3.8, 4) is 0 Å². The highest BCUT2D eigenvalue weighted by atomic mass is 16.2. The third-order valence-corrected chi connectivity index (χ3v) is 5.62. The van der Waals surface area contributed by atoms with E-state index >= 15 is 0 Å². The molecule has 2 aromatic carbocycles. The summed E-state index contributed by atoms with van der Waals surface area (Å²) in [5.41, 5.74) is 3.41. The van der Waals surface area contributed by atoms with Gasteiger partial charge in [0.05, 0.1) is 11.4 Å². The van der Waals surface area contributed by atoms with Crippen molar-refractivity contribution in [1.29, 1.82) is 0 Å². The molecule has 1 aromatic heterocycles. The van der Waals surface area contributed by atoms with E-state index in [1.807, 2.05) is 41.3 Å². The van der Waals surface area contributed by atoms with Gasteiger partial charge < -0.3 is 4.90 Å². The van der Waals surface area contributed by atoms with Crippen molar-refractivity contribution < 1.29 is 9.59 Å². The van der Waals surface area contributed by atoms with Crippen LogP contribution in [0.1, 0.15) is 17.5 Å². The van der Waals surface area contributed by atoms with Gasteiger partial charge in [0.2, 0.25) is 11.8 Å². The van der Waals surface area contributed by atoms with Crippen LogP contribution < -0.4 is 4.90 Å². The van der Waals surface area contributed by atoms with Crippen LogP contribution >= 0.6 is 0 Å². The molecule has 2 aliphatic rings. The van der Waals surface area contributed by atoms with Gasteiger partial charge in [-0.25, -0.2) is 0 Å². The molecule has 0 radical (unpaired) electrons. The van der Waals surface area contributed by atoms with Crippen molar-refractivity contribution in [2.75, 3.05) is 18.0 Å². The monoisotopic (exact) mass is 360 g/mol. The molecule has 5 rings (SSSR count). The molecule has 27 heavy (non-hydrogen) atoms. The van der Waals surface area contributed by atoms with Crippen LogP contribution in [0.5, 0.6) is 0 Å². The van der Waals surface area contributed by atoms with Crippen molar-refractivity contribution in [1.82, 2.24) is 15.1 Å². The minimum Gasteiger partial charge on any atom is -0.338 e. The van der Waals surface area contributed by atoms with Crippen molar-refractivity contribution in [2.24, 2.45) is 5.92 Å². The Morgan fingerprint density at radius 1 is 1.07 bits per heavy atom. The number of hydrogen-bond acceptors (Lipinski definition) is 3. The number of anilines is 1. The van der Waals surface area contributed by atoms with Gasteiger partial charge in [-0.1, -0.05) is 36.4 Å². The summed E-state index contributed by atoms with van der Waals surface area (Å²) in [5, 5.41) is 8.19. The Morgan fingerprint density at radius 2 is 1.85 bits per heavy atom. The second-order valence-electron chi connectivity index (χ2n) is 7.28. The van der Waals surface area contributed by atoms with E-state index in [0.717, 1.165) is 17.3 Å². The summed E-state index contributed by atoms with van der Waals surface area (Å²) >= 11 is 0. The first-order chi connectivity index (χ1) is 13.2. The lowest BCUT2D eigenvalue weighted by atomic mass is 9.98. The van der Waals surface area contributed by atoms with Gasteiger partial charge in [-0.05, 0) is 29.7 Å². The summed E-state index contributed by atoms with van der Waals surface area (Å²) in [5.74, 6) is 0.344. The molecule has 1 N–H and O–H groups in total. The molecule has 0 saturated carbocycles. The van der Waals surface area contributed by atoms with Gasteiger partial charge in [0.25, 0.3) is 0 Å². The van der Waals surface area contributed by atoms with Crippen LogP contribution in [0.15, 0.2) is 48.5 Å². The molecule has 0 unspecified atom stereocenters. The van der Waals surface area contributed by atoms with Crippen molar-refractivity contribution >= 4 is 28.5 Å². The molecule has 136 valence electrons. The second kappa shape index (κ2) is 6.23. The molecule has 1 atom stereocenters. The average Bonchev–Trinajstić information content (AvgIpc) is 3.30. The number of carbonyl (C=O) groups excluding carboxylic acids is 2. The Balaban J connectivity index is 1.35. The summed E-state index contributed by atoms with van der Waals surface area (Å²) in [6.45, 7) is 1.74. The van der Waals surface area contributed by atoms with Crippen LogP contribution in [0.25, 0.3) is 10.9 Å². The number of nitrogens with zero attached hydrogens (tertiary/aromatic N) is 3. The van der Waals surface area contributed by atoms with E-state index in [4.69, 9.17) is 0 Å². The van der Waals surface area contributed by atoms with Gasteiger partial charge in [0, 0.05) is 31.4 Å². The Hall–Kier alpha value is -3.15. The summed E-state index contributed by atoms with van der Waals surface area (Å²) in [7, 11) is 0. The molecule has 3 heterocycles. The molecule has 6 nitrogen and oxygen atoms in total. The van der Waals surface area contributed by atoms with E-state index < -0.39 is 0 Å². The number of hydrogen-bond donors (Lipinski definition) is 1. The number of fused-ring (bicyclic) bond motifs is 2. The molecule has 3 aromatic rings. The van der Waals surface area contributed by atoms with Crippen molar-refractivity contribution in [2.45, 2.75) is 19.4 Å². The Labute approximate surface area is 156 Å². The summed E-state index contributed by atoms with van der Waals surface area (Å²) in [4.78, 5) is 29.2. The van der Waals surface area contributed by atoms with Crippen LogP contribution in [0.2, 0.25) is 0 Å². The lowest BCUT2D eigenvalue weighted by molar-refractivity contribution is -0.136. The summed E-state index contributed by atoms with van der Waals surface area (Å²) < 4.78 is 0. The number of aromatic amines is 1. The maximum absolute atomic E-state index is 13.1. The first-order valence-corrected chi connectivity index (χ1v) is 9.30. The molecule has 1 fully saturated rings. The highest BCUT2D eigenvalue weighted by Crippen LogP contribution is 2.31. The third kappa shape index (κ3) is 2.68. The number of carbonyl (C=O) groups is 2. The van der Waals surface area contributed by atoms with Gasteiger partial charge in [0.15, 0.2) is 5.82 Å². The van der Waals surface area contributed by atoms with E-state index in [9.17, 15) is 9.59 Å². The van der Waals surface area contributed by atoms with E-state index in [1.165, 1.54) is 11.1 Å². The van der Waals surface area contributed by atoms with E-state index in [2.05, 4.69) is 22.3 Å². The predicted molar refractivity (Wildman–Crippen MR) is 102 cm³/mol. The van der Waals surface area contributed by atoms with Gasteiger partial charge in [-0.2, -0.15) is 5.10 Å². The molecule has 0 bridgehead atoms. The minimum absolute atomic E-state index is 0.0389. The fourth-order valence-corrected chi connectivity index (χ4v) is 4.17. The molecule has 1 saturated heterocycles. The number of amides is 2. The van der Waals surface area contributed by atoms with Gasteiger partial charge >= 0.3 is 0 Å². The zero-order valence-electron chi connectivity index (χ0n) is 14.9. The molecule has 0 aliphatic carbocycles. The predicted octanol–water partition coefficient (Wildman–Crippen LogP) is 2.50. The fourth-order valence-electron chi connectivity index (χ4n) is 4.17. The minimum atomic E-state index is -0.307. The van der Waals surface area contributed by atoms with Gasteiger partial charge in [-0.3, -0.25) is 19.6 Å². The van der Waals surface area contributed by atoms with Crippen LogP contribution in [0.3, 0.4) is 0 Å². The Morgan fingerprint density at radius 3 is 2.74 bits per heavy atom. The van der Waals surface area contributed by atoms with Gasteiger partial charge in [0.1, 0.15) is 0 Å². The Kier molecular flexibility index (Phi) is 3.70. The lowest BCUT2D eigenvalue weighted by Gasteiger charge is -2.30. The highest BCUT2D eigenvalue weighted by Gasteiger charge is 2.39. The summed E-state index contributed by atoms with van der Waals surface area (Å²) in [6, 6.07) is 16.0. The molecule has 2 amide bonds. The van der Waals surface area contributed by atoms with Crippen molar-refractivity contribution in [3.05, 3.63) is 59.7 Å². The largest absolute Gasteiger partial charge is 0.338 e. The number of rotatable bonds is 2. The average molecular weight is 360 g/mol. The zero-order chi connectivity index (χ0) is 18.4. The first-order valence-electron chi connectivity index (χ1n) is 9.30. The number of aromatic nitrogens is 2. The Bertz CT molecular complexity index is 1040. The second-order valence-corrected chi connectivity index (χ2v) is 7.28. The maximum Gasteiger partial charge on any atom is 0.229 e. The standard InChI is InChI=1S/C21H20N4O2/c26-19-11-16(13-25(19)20-17-7-3-4-8-18(17)22-23-20)21(27)24-10-9-14-5-1-2-6-15(14)12-24/h1-8,16H,9-13H2,(H,22,23)/t16-/m1/s1. The van der Waals surface area contributed by atoms with Crippen LogP contribution in [0.4, 0.5) is 5.82 Å². The molecular formula is C21H20N4O2. The van der Waals surface area contributed by atoms with Gasteiger partial charge in [-0.15, -0.1) is 0 Å². The summed E-state index contributed by atoms with van der Waals surface area (Å²) in [6.07, 6.45) is 1.12. The molecule has 6 heteroatoms. The van der Waals surface area contributed by atoms with Crippen molar-refractivity contribution in [3.63, 3.8) is 0 Å². The third-order valence-electron chi connectivity index (χ3n) is 5.62. The number of para-hydroxylation sites is 1. The SMILES string of the molecule is O=C([C@@H]1CC(=O)N(c2n[nH]c3ccccc23)C1)N1CCc2ccccc2C1. The topological polar surface area (TPSA) is 69.3 Å². The number of nitrogens with one attached hydrogen (secondary N) is 1. The normalized spacial score (nSPS) is 19.6. The molecule has 0 spiro atoms. The van der Waals surface area contributed by atoms with Crippen LogP contribution in [-0.2, 0) is 22.6 Å². The van der Waals surface area contributed by atoms with Crippen LogP contribution in [-0.4, -0.2) is 40.0 Å². The maximum atomic E-state index is 13.1.